The number of fused-ring (bicyclic) bond motifs is 1. The highest BCUT2D eigenvalue weighted by Crippen LogP contribution is 2.24. The van der Waals surface area contributed by atoms with Gasteiger partial charge in [0.05, 0.1) is 46.2 Å². The van der Waals surface area contributed by atoms with Gasteiger partial charge in [-0.2, -0.15) is 5.26 Å². The second-order valence-corrected chi connectivity index (χ2v) is 5.92. The Labute approximate surface area is 182 Å². The molecule has 0 aliphatic carbocycles. The number of rotatable bonds is 14. The first-order valence-corrected chi connectivity index (χ1v) is 10.2. The van der Waals surface area contributed by atoms with Crippen molar-refractivity contribution >= 4 is 11.0 Å². The van der Waals surface area contributed by atoms with E-state index in [2.05, 4.69) is 0 Å². The first-order valence-electron chi connectivity index (χ1n) is 10.2. The van der Waals surface area contributed by atoms with E-state index >= 15 is 0 Å². The van der Waals surface area contributed by atoms with Crippen molar-refractivity contribution in [2.24, 2.45) is 0 Å². The molecule has 0 bridgehead atoms. The maximum absolute atomic E-state index is 11.6. The molecule has 0 unspecified atom stereocenters. The van der Waals surface area contributed by atoms with Crippen molar-refractivity contribution in [3.8, 4) is 11.8 Å². The lowest BCUT2D eigenvalue weighted by molar-refractivity contribution is 0.0370. The standard InChI is InChI=1S/C16H17NO5.C6H14O3/c1-2-19-6-7-20-8-9-21-14-5-3-4-12-10-13(11-17)16(18)22-15(12)14;1-2-8-5-6-9-4-3-7/h3-5,10H,2,6-9H2,1H3;7H,2-6H2,1H3. The van der Waals surface area contributed by atoms with Crippen LogP contribution in [0.25, 0.3) is 11.0 Å². The lowest BCUT2D eigenvalue weighted by atomic mass is 10.2. The zero-order chi connectivity index (χ0) is 22.7. The third-order valence-corrected chi connectivity index (χ3v) is 3.72. The molecule has 0 saturated carbocycles. The van der Waals surface area contributed by atoms with Crippen LogP contribution in [0.3, 0.4) is 0 Å². The van der Waals surface area contributed by atoms with Crippen molar-refractivity contribution in [2.75, 3.05) is 66.1 Å². The number of ether oxygens (including phenoxy) is 5. The quantitative estimate of drug-likeness (QED) is 0.350. The number of aliphatic hydroxyl groups excluding tert-OH is 1. The van der Waals surface area contributed by atoms with E-state index in [1.807, 2.05) is 13.8 Å². The highest BCUT2D eigenvalue weighted by Gasteiger charge is 2.09. The summed E-state index contributed by atoms with van der Waals surface area (Å²) in [5.74, 6) is 0.451. The zero-order valence-electron chi connectivity index (χ0n) is 18.1. The van der Waals surface area contributed by atoms with Gasteiger partial charge in [-0.05, 0) is 26.0 Å². The average molecular weight is 437 g/mol. The second kappa shape index (κ2) is 17.2. The minimum absolute atomic E-state index is 0.0242. The number of nitriles is 1. The van der Waals surface area contributed by atoms with Gasteiger partial charge in [-0.15, -0.1) is 0 Å². The van der Waals surface area contributed by atoms with Crippen molar-refractivity contribution in [3.63, 3.8) is 0 Å². The minimum atomic E-state index is -0.668. The SMILES string of the molecule is CCOCCOCCO.CCOCCOCCOc1cccc2cc(C#N)c(=O)oc12. The molecule has 1 N–H and O–H groups in total. The predicted molar refractivity (Wildman–Crippen MR) is 114 cm³/mol. The van der Waals surface area contributed by atoms with E-state index in [-0.39, 0.29) is 12.2 Å². The van der Waals surface area contributed by atoms with Gasteiger partial charge in [-0.25, -0.2) is 4.79 Å². The molecule has 172 valence electrons. The Morgan fingerprint density at radius 1 is 0.935 bits per heavy atom. The zero-order valence-corrected chi connectivity index (χ0v) is 18.1. The first-order chi connectivity index (χ1) is 15.2. The molecule has 9 nitrogen and oxygen atoms in total. The summed E-state index contributed by atoms with van der Waals surface area (Å²) in [6.07, 6.45) is 0. The van der Waals surface area contributed by atoms with Gasteiger partial charge in [0.1, 0.15) is 18.2 Å². The third kappa shape index (κ3) is 10.9. The highest BCUT2D eigenvalue weighted by molar-refractivity contribution is 5.83. The number of para-hydroxylation sites is 1. The molecule has 0 amide bonds. The van der Waals surface area contributed by atoms with Crippen LogP contribution in [0.2, 0.25) is 0 Å². The lowest BCUT2D eigenvalue weighted by Crippen LogP contribution is -2.11. The van der Waals surface area contributed by atoms with Crippen LogP contribution in [0.1, 0.15) is 19.4 Å². The summed E-state index contributed by atoms with van der Waals surface area (Å²) in [7, 11) is 0. The van der Waals surface area contributed by atoms with Crippen LogP contribution in [-0.4, -0.2) is 71.2 Å². The summed E-state index contributed by atoms with van der Waals surface area (Å²) in [5.41, 5.74) is -0.358. The molecule has 0 fully saturated rings. The van der Waals surface area contributed by atoms with Crippen molar-refractivity contribution in [2.45, 2.75) is 13.8 Å². The Kier molecular flexibility index (Phi) is 14.8. The molecule has 1 aromatic heterocycles. The molecule has 0 aliphatic rings. The normalized spacial score (nSPS) is 10.4. The van der Waals surface area contributed by atoms with Crippen LogP contribution in [-0.2, 0) is 18.9 Å². The van der Waals surface area contributed by atoms with Crippen molar-refractivity contribution < 1.29 is 33.2 Å². The summed E-state index contributed by atoms with van der Waals surface area (Å²) in [5, 5.41) is 17.7. The van der Waals surface area contributed by atoms with Gasteiger partial charge >= 0.3 is 5.63 Å². The van der Waals surface area contributed by atoms with Crippen LogP contribution in [0.15, 0.2) is 33.5 Å². The Bertz CT molecular complexity index is 824. The number of nitrogens with zero attached hydrogens (tertiary/aromatic N) is 1. The van der Waals surface area contributed by atoms with E-state index in [0.29, 0.717) is 69.6 Å². The lowest BCUT2D eigenvalue weighted by Gasteiger charge is -2.09. The molecule has 2 rings (SSSR count). The Hall–Kier alpha value is -2.48. The molecule has 0 spiro atoms. The minimum Gasteiger partial charge on any atom is -0.487 e. The van der Waals surface area contributed by atoms with Gasteiger partial charge in [0.2, 0.25) is 0 Å². The van der Waals surface area contributed by atoms with Gasteiger partial charge in [0, 0.05) is 18.6 Å². The van der Waals surface area contributed by atoms with Gasteiger partial charge < -0.3 is 33.2 Å². The van der Waals surface area contributed by atoms with Crippen LogP contribution in [0, 0.1) is 11.3 Å². The molecule has 2 aromatic rings. The molecule has 1 aromatic carbocycles. The molecule has 0 saturated heterocycles. The molecule has 0 aliphatic heterocycles. The highest BCUT2D eigenvalue weighted by atomic mass is 16.5. The van der Waals surface area contributed by atoms with E-state index < -0.39 is 5.63 Å². The summed E-state index contributed by atoms with van der Waals surface area (Å²) >= 11 is 0. The fourth-order valence-corrected chi connectivity index (χ4v) is 2.31. The number of hydrogen-bond donors (Lipinski definition) is 1. The van der Waals surface area contributed by atoms with E-state index in [1.165, 1.54) is 6.07 Å². The average Bonchev–Trinajstić information content (AvgIpc) is 2.78. The molecule has 31 heavy (non-hydrogen) atoms. The van der Waals surface area contributed by atoms with Gasteiger partial charge in [-0.3, -0.25) is 0 Å². The predicted octanol–water partition coefficient (Wildman–Crippen LogP) is 2.13. The number of aliphatic hydroxyl groups is 1. The molecule has 0 atom stereocenters. The molecular weight excluding hydrogens is 406 g/mol. The second-order valence-electron chi connectivity index (χ2n) is 5.92. The monoisotopic (exact) mass is 437 g/mol. The van der Waals surface area contributed by atoms with Crippen LogP contribution in [0.4, 0.5) is 0 Å². The van der Waals surface area contributed by atoms with Crippen LogP contribution < -0.4 is 10.4 Å². The van der Waals surface area contributed by atoms with Crippen molar-refractivity contribution in [1.82, 2.24) is 0 Å². The van der Waals surface area contributed by atoms with Crippen molar-refractivity contribution in [3.05, 3.63) is 40.2 Å². The molecule has 1 heterocycles. The molecular formula is C22H31NO8. The van der Waals surface area contributed by atoms with E-state index in [1.54, 1.807) is 24.3 Å². The maximum Gasteiger partial charge on any atom is 0.354 e. The Balaban J connectivity index is 0.000000452. The summed E-state index contributed by atoms with van der Waals surface area (Å²) in [6, 6.07) is 8.53. The number of benzene rings is 1. The largest absolute Gasteiger partial charge is 0.487 e. The third-order valence-electron chi connectivity index (χ3n) is 3.72. The van der Waals surface area contributed by atoms with Crippen molar-refractivity contribution in [1.29, 1.82) is 5.26 Å². The molecule has 0 radical (unpaired) electrons. The number of hydrogen-bond acceptors (Lipinski definition) is 9. The Morgan fingerprint density at radius 2 is 1.55 bits per heavy atom. The van der Waals surface area contributed by atoms with E-state index in [0.717, 1.165) is 6.61 Å². The first kappa shape index (κ1) is 26.6. The summed E-state index contributed by atoms with van der Waals surface area (Å²) in [6.45, 7) is 8.75. The van der Waals surface area contributed by atoms with Gasteiger partial charge in [-0.1, -0.05) is 12.1 Å². The fourth-order valence-electron chi connectivity index (χ4n) is 2.31. The summed E-state index contributed by atoms with van der Waals surface area (Å²) < 4.78 is 31.1. The topological polar surface area (TPSA) is 120 Å². The van der Waals surface area contributed by atoms with Gasteiger partial charge in [0.25, 0.3) is 0 Å². The van der Waals surface area contributed by atoms with E-state index in [9.17, 15) is 4.79 Å². The summed E-state index contributed by atoms with van der Waals surface area (Å²) in [4.78, 5) is 11.6. The van der Waals surface area contributed by atoms with Crippen LogP contribution >= 0.6 is 0 Å². The smallest absolute Gasteiger partial charge is 0.354 e. The van der Waals surface area contributed by atoms with Crippen LogP contribution in [0.5, 0.6) is 5.75 Å². The van der Waals surface area contributed by atoms with E-state index in [4.69, 9.17) is 38.5 Å². The maximum atomic E-state index is 11.6. The fraction of sp³-hybridized carbons (Fsp3) is 0.545. The Morgan fingerprint density at radius 3 is 2.16 bits per heavy atom. The van der Waals surface area contributed by atoms with Gasteiger partial charge in [0.15, 0.2) is 11.3 Å². The molecule has 9 heteroatoms.